The highest BCUT2D eigenvalue weighted by Gasteiger charge is 2.32. The van der Waals surface area contributed by atoms with Gasteiger partial charge in [-0.15, -0.1) is 0 Å². The van der Waals surface area contributed by atoms with Crippen LogP contribution in [0.2, 0.25) is 0 Å². The molecule has 0 aliphatic heterocycles. The number of aldehydes is 1. The fraction of sp³-hybridized carbons (Fsp3) is 0.917. The van der Waals surface area contributed by atoms with Gasteiger partial charge in [0, 0.05) is 24.3 Å². The molecule has 15 heavy (non-hydrogen) atoms. The Morgan fingerprint density at radius 1 is 1.33 bits per heavy atom. The summed E-state index contributed by atoms with van der Waals surface area (Å²) in [6.45, 7) is 2.05. The number of carbonyl (C=O) groups excluding carboxylic acids is 1. The normalized spacial score (nSPS) is 20.5. The highest BCUT2D eigenvalue weighted by molar-refractivity contribution is 7.98. The summed E-state index contributed by atoms with van der Waals surface area (Å²) in [5, 5.41) is 0. The van der Waals surface area contributed by atoms with Crippen molar-refractivity contribution in [2.24, 2.45) is 5.41 Å². The molecule has 88 valence electrons. The minimum absolute atomic E-state index is 0.0224. The SMILES string of the molecule is CSCCN(C)CC1(C=O)CCCCC1. The smallest absolute Gasteiger partial charge is 0.127 e. The molecule has 0 aromatic carbocycles. The van der Waals surface area contributed by atoms with E-state index >= 15 is 0 Å². The maximum absolute atomic E-state index is 11.3. The van der Waals surface area contributed by atoms with Crippen LogP contribution < -0.4 is 0 Å². The van der Waals surface area contributed by atoms with Gasteiger partial charge in [0.2, 0.25) is 0 Å². The van der Waals surface area contributed by atoms with E-state index in [9.17, 15) is 4.79 Å². The molecule has 0 bridgehead atoms. The van der Waals surface area contributed by atoms with Crippen molar-refractivity contribution in [3.8, 4) is 0 Å². The Kier molecular flexibility index (Phi) is 5.69. The van der Waals surface area contributed by atoms with Gasteiger partial charge in [-0.25, -0.2) is 0 Å². The number of rotatable bonds is 6. The van der Waals surface area contributed by atoms with E-state index in [1.54, 1.807) is 0 Å². The van der Waals surface area contributed by atoms with E-state index in [-0.39, 0.29) is 5.41 Å². The van der Waals surface area contributed by atoms with E-state index in [0.717, 1.165) is 31.7 Å². The standard InChI is InChI=1S/C12H23NOS/c1-13(8-9-15-2)10-12(11-14)6-4-3-5-7-12/h11H,3-10H2,1-2H3. The second-order valence-corrected chi connectivity index (χ2v) is 5.76. The molecule has 2 nitrogen and oxygen atoms in total. The molecule has 1 rings (SSSR count). The van der Waals surface area contributed by atoms with Crippen molar-refractivity contribution < 1.29 is 4.79 Å². The van der Waals surface area contributed by atoms with Gasteiger partial charge in [-0.1, -0.05) is 19.3 Å². The topological polar surface area (TPSA) is 20.3 Å². The Morgan fingerprint density at radius 3 is 2.53 bits per heavy atom. The van der Waals surface area contributed by atoms with Crippen LogP contribution in [0.4, 0.5) is 0 Å². The van der Waals surface area contributed by atoms with Gasteiger partial charge in [0.15, 0.2) is 0 Å². The van der Waals surface area contributed by atoms with Gasteiger partial charge in [-0.3, -0.25) is 0 Å². The lowest BCUT2D eigenvalue weighted by Crippen LogP contribution is -2.39. The lowest BCUT2D eigenvalue weighted by molar-refractivity contribution is -0.118. The second-order valence-electron chi connectivity index (χ2n) is 4.77. The van der Waals surface area contributed by atoms with E-state index in [0.29, 0.717) is 0 Å². The third-order valence-corrected chi connectivity index (χ3v) is 3.95. The molecule has 0 atom stereocenters. The van der Waals surface area contributed by atoms with E-state index < -0.39 is 0 Å². The van der Waals surface area contributed by atoms with Crippen molar-refractivity contribution in [2.45, 2.75) is 32.1 Å². The zero-order chi connectivity index (χ0) is 11.1. The fourth-order valence-electron chi connectivity index (χ4n) is 2.43. The third kappa shape index (κ3) is 4.15. The number of carbonyl (C=O) groups is 1. The monoisotopic (exact) mass is 229 g/mol. The zero-order valence-electron chi connectivity index (χ0n) is 10.00. The van der Waals surface area contributed by atoms with Gasteiger partial charge in [-0.2, -0.15) is 11.8 Å². The number of hydrogen-bond donors (Lipinski definition) is 0. The van der Waals surface area contributed by atoms with Crippen LogP contribution in [0.15, 0.2) is 0 Å². The van der Waals surface area contributed by atoms with Crippen LogP contribution in [-0.4, -0.2) is 43.3 Å². The van der Waals surface area contributed by atoms with Crippen LogP contribution in [0.1, 0.15) is 32.1 Å². The van der Waals surface area contributed by atoms with Crippen molar-refractivity contribution in [3.05, 3.63) is 0 Å². The molecular formula is C12H23NOS. The summed E-state index contributed by atoms with van der Waals surface area (Å²) in [5.41, 5.74) is -0.0224. The third-order valence-electron chi connectivity index (χ3n) is 3.36. The highest BCUT2D eigenvalue weighted by Crippen LogP contribution is 2.34. The van der Waals surface area contributed by atoms with Crippen molar-refractivity contribution in [2.75, 3.05) is 32.1 Å². The zero-order valence-corrected chi connectivity index (χ0v) is 10.8. The van der Waals surface area contributed by atoms with Crippen LogP contribution in [0, 0.1) is 5.41 Å². The first-order valence-corrected chi connectivity index (χ1v) is 7.26. The van der Waals surface area contributed by atoms with Gasteiger partial charge in [0.25, 0.3) is 0 Å². The van der Waals surface area contributed by atoms with Crippen molar-refractivity contribution >= 4 is 18.0 Å². The maximum Gasteiger partial charge on any atom is 0.127 e. The Morgan fingerprint density at radius 2 is 2.00 bits per heavy atom. The minimum atomic E-state index is -0.0224. The minimum Gasteiger partial charge on any atom is -0.305 e. The van der Waals surface area contributed by atoms with E-state index in [1.165, 1.54) is 25.5 Å². The van der Waals surface area contributed by atoms with Crippen LogP contribution in [-0.2, 0) is 4.79 Å². The molecule has 1 saturated carbocycles. The molecule has 0 aromatic heterocycles. The lowest BCUT2D eigenvalue weighted by Gasteiger charge is -2.35. The van der Waals surface area contributed by atoms with E-state index in [1.807, 2.05) is 11.8 Å². The molecular weight excluding hydrogens is 206 g/mol. The Bertz CT molecular complexity index is 190. The van der Waals surface area contributed by atoms with Crippen LogP contribution in [0.25, 0.3) is 0 Å². The molecule has 0 N–H and O–H groups in total. The summed E-state index contributed by atoms with van der Waals surface area (Å²) in [6, 6.07) is 0. The van der Waals surface area contributed by atoms with Crippen molar-refractivity contribution in [1.29, 1.82) is 0 Å². The molecule has 0 aromatic rings. The molecule has 0 saturated heterocycles. The Labute approximate surface area is 97.8 Å². The van der Waals surface area contributed by atoms with Gasteiger partial charge >= 0.3 is 0 Å². The summed E-state index contributed by atoms with van der Waals surface area (Å²) in [7, 11) is 2.13. The Balaban J connectivity index is 2.40. The molecule has 1 aliphatic carbocycles. The van der Waals surface area contributed by atoms with Crippen molar-refractivity contribution in [3.63, 3.8) is 0 Å². The lowest BCUT2D eigenvalue weighted by atomic mass is 9.75. The quantitative estimate of drug-likeness (QED) is 0.653. The number of hydrogen-bond acceptors (Lipinski definition) is 3. The van der Waals surface area contributed by atoms with Gasteiger partial charge in [0.05, 0.1) is 0 Å². The molecule has 3 heteroatoms. The Hall–Kier alpha value is -0.0200. The van der Waals surface area contributed by atoms with Crippen LogP contribution in [0.3, 0.4) is 0 Å². The summed E-state index contributed by atoms with van der Waals surface area (Å²) in [5.74, 6) is 1.16. The molecule has 0 radical (unpaired) electrons. The van der Waals surface area contributed by atoms with Crippen LogP contribution >= 0.6 is 11.8 Å². The first-order valence-electron chi connectivity index (χ1n) is 5.86. The van der Waals surface area contributed by atoms with E-state index in [2.05, 4.69) is 18.2 Å². The molecule has 1 aliphatic rings. The molecule has 0 amide bonds. The second kappa shape index (κ2) is 6.54. The number of thioether (sulfide) groups is 1. The van der Waals surface area contributed by atoms with Gasteiger partial charge in [-0.05, 0) is 26.1 Å². The molecule has 0 heterocycles. The fourth-order valence-corrected chi connectivity index (χ4v) is 2.93. The van der Waals surface area contributed by atoms with E-state index in [4.69, 9.17) is 0 Å². The molecule has 0 spiro atoms. The summed E-state index contributed by atoms with van der Waals surface area (Å²) in [6.07, 6.45) is 9.32. The van der Waals surface area contributed by atoms with Crippen LogP contribution in [0.5, 0.6) is 0 Å². The average Bonchev–Trinajstić information content (AvgIpc) is 2.27. The molecule has 0 unspecified atom stereocenters. The first kappa shape index (κ1) is 13.0. The average molecular weight is 229 g/mol. The van der Waals surface area contributed by atoms with Gasteiger partial charge in [0.1, 0.15) is 6.29 Å². The summed E-state index contributed by atoms with van der Waals surface area (Å²) < 4.78 is 0. The van der Waals surface area contributed by atoms with Gasteiger partial charge < -0.3 is 9.69 Å². The highest BCUT2D eigenvalue weighted by atomic mass is 32.2. The number of nitrogens with zero attached hydrogens (tertiary/aromatic N) is 1. The van der Waals surface area contributed by atoms with Crippen molar-refractivity contribution in [1.82, 2.24) is 4.90 Å². The largest absolute Gasteiger partial charge is 0.305 e. The first-order chi connectivity index (χ1) is 7.22. The summed E-state index contributed by atoms with van der Waals surface area (Å²) in [4.78, 5) is 13.6. The molecule has 1 fully saturated rings. The predicted octanol–water partition coefficient (Wildman–Crippen LogP) is 2.43. The maximum atomic E-state index is 11.3. The summed E-state index contributed by atoms with van der Waals surface area (Å²) >= 11 is 1.87. The predicted molar refractivity (Wildman–Crippen MR) is 67.5 cm³/mol.